The molecule has 1 saturated heterocycles. The number of hydrogen-bond acceptors (Lipinski definition) is 10. The number of nitrogens with zero attached hydrogens (tertiary/aromatic N) is 3. The lowest BCUT2D eigenvalue weighted by molar-refractivity contribution is -0.146. The van der Waals surface area contributed by atoms with Gasteiger partial charge in [-0.15, -0.1) is 23.1 Å². The number of thioether (sulfide) groups is 2. The van der Waals surface area contributed by atoms with E-state index in [9.17, 15) is 14.4 Å². The van der Waals surface area contributed by atoms with Gasteiger partial charge in [0.1, 0.15) is 29.9 Å². The van der Waals surface area contributed by atoms with Crippen LogP contribution in [0.25, 0.3) is 0 Å². The van der Waals surface area contributed by atoms with Crippen LogP contribution in [0.15, 0.2) is 21.8 Å². The van der Waals surface area contributed by atoms with E-state index in [2.05, 4.69) is 15.5 Å². The highest BCUT2D eigenvalue weighted by Gasteiger charge is 2.55. The number of hydrogen-bond donors (Lipinski definition) is 2. The van der Waals surface area contributed by atoms with Gasteiger partial charge >= 0.3 is 0 Å². The number of rotatable bonds is 4. The van der Waals surface area contributed by atoms with Crippen LogP contribution in [-0.4, -0.2) is 62.6 Å². The fourth-order valence-corrected chi connectivity index (χ4v) is 5.85. The molecule has 4 rings (SSSR count). The molecule has 1 fully saturated rings. The van der Waals surface area contributed by atoms with E-state index in [-0.39, 0.29) is 27.8 Å². The first-order valence-corrected chi connectivity index (χ1v) is 10.4. The number of nitrogens with one attached hydrogen (secondary N) is 1. The zero-order valence-electron chi connectivity index (χ0n) is 13.4. The minimum atomic E-state index is -0.724. The van der Waals surface area contributed by atoms with Crippen molar-refractivity contribution in [3.63, 3.8) is 0 Å². The summed E-state index contributed by atoms with van der Waals surface area (Å²) in [6.07, 6.45) is 0. The molecule has 2 atom stereocenters. The van der Waals surface area contributed by atoms with E-state index in [0.29, 0.717) is 22.3 Å². The average Bonchev–Trinajstić information content (AvgIpc) is 3.22. The van der Waals surface area contributed by atoms with Gasteiger partial charge in [-0.3, -0.25) is 19.3 Å². The highest BCUT2D eigenvalue weighted by molar-refractivity contribution is 8.14. The van der Waals surface area contributed by atoms with Gasteiger partial charge in [-0.05, 0) is 5.57 Å². The molecule has 26 heavy (non-hydrogen) atoms. The van der Waals surface area contributed by atoms with Crippen LogP contribution in [0.2, 0.25) is 0 Å². The summed E-state index contributed by atoms with van der Waals surface area (Å²) in [6, 6.07) is -0.724. The van der Waals surface area contributed by atoms with Gasteiger partial charge in [0, 0.05) is 16.9 Å². The number of anilines is 1. The first-order valence-electron chi connectivity index (χ1n) is 7.48. The van der Waals surface area contributed by atoms with Crippen molar-refractivity contribution >= 4 is 62.6 Å². The van der Waals surface area contributed by atoms with Crippen molar-refractivity contribution in [3.05, 3.63) is 22.3 Å². The van der Waals surface area contributed by atoms with Gasteiger partial charge in [-0.2, -0.15) is 0 Å². The molecule has 0 aliphatic carbocycles. The molecule has 0 aromatic carbocycles. The molecule has 0 saturated carbocycles. The summed E-state index contributed by atoms with van der Waals surface area (Å²) < 4.78 is 0. The van der Waals surface area contributed by atoms with E-state index in [1.165, 1.54) is 46.9 Å². The van der Waals surface area contributed by atoms with Crippen molar-refractivity contribution in [2.24, 2.45) is 5.16 Å². The fourth-order valence-electron chi connectivity index (χ4n) is 2.91. The van der Waals surface area contributed by atoms with E-state index in [1.807, 2.05) is 0 Å². The zero-order chi connectivity index (χ0) is 18.4. The SMILES string of the molecule is CO/N=C(\C(=O)N[C@@H]1C(=O)N2C3=C(CSC3=O)CS[C@H]12)c1csc(N)n1. The predicted octanol–water partition coefficient (Wildman–Crippen LogP) is 0.00320. The Balaban J connectivity index is 1.51. The van der Waals surface area contributed by atoms with Crippen LogP contribution in [0.1, 0.15) is 5.69 Å². The van der Waals surface area contributed by atoms with E-state index < -0.39 is 11.9 Å². The lowest BCUT2D eigenvalue weighted by Gasteiger charge is -2.48. The quantitative estimate of drug-likeness (QED) is 0.403. The van der Waals surface area contributed by atoms with E-state index >= 15 is 0 Å². The molecule has 9 nitrogen and oxygen atoms in total. The Morgan fingerprint density at radius 1 is 1.46 bits per heavy atom. The molecular weight excluding hydrogens is 398 g/mol. The molecule has 0 bridgehead atoms. The maximum absolute atomic E-state index is 12.6. The molecule has 0 spiro atoms. The molecule has 4 heterocycles. The summed E-state index contributed by atoms with van der Waals surface area (Å²) in [7, 11) is 1.31. The minimum absolute atomic E-state index is 0.0556. The molecule has 0 radical (unpaired) electrons. The summed E-state index contributed by atoms with van der Waals surface area (Å²) >= 11 is 3.91. The molecule has 0 unspecified atom stereocenters. The lowest BCUT2D eigenvalue weighted by atomic mass is 10.0. The van der Waals surface area contributed by atoms with Crippen LogP contribution in [0.4, 0.5) is 5.13 Å². The number of carbonyl (C=O) groups is 3. The van der Waals surface area contributed by atoms with Crippen LogP contribution in [-0.2, 0) is 19.2 Å². The smallest absolute Gasteiger partial charge is 0.276 e. The largest absolute Gasteiger partial charge is 0.398 e. The number of fused-ring (bicyclic) bond motifs is 2. The summed E-state index contributed by atoms with van der Waals surface area (Å²) in [6.45, 7) is 0. The molecule has 136 valence electrons. The standard InChI is InChI=1S/C14H13N5O4S3/c1-23-18-7(6-4-26-14(15)16-6)10(20)17-8-11(21)19-9-5(2-24-12(8)19)3-25-13(9)22/h4,8,12H,2-3H2,1H3,(H2,15,16)(H,17,20)/b18-7-/t8-,12-/m1/s1. The molecule has 3 aliphatic heterocycles. The molecule has 1 aromatic rings. The minimum Gasteiger partial charge on any atom is -0.398 e. The second kappa shape index (κ2) is 6.59. The zero-order valence-corrected chi connectivity index (χ0v) is 15.9. The predicted molar refractivity (Wildman–Crippen MR) is 99.6 cm³/mol. The third-order valence-electron chi connectivity index (χ3n) is 4.07. The Morgan fingerprint density at radius 2 is 2.27 bits per heavy atom. The van der Waals surface area contributed by atoms with Crippen LogP contribution in [0.5, 0.6) is 0 Å². The third-order valence-corrected chi connectivity index (χ3v) is 7.03. The van der Waals surface area contributed by atoms with Crippen molar-refractivity contribution < 1.29 is 19.2 Å². The average molecular weight is 411 g/mol. The maximum atomic E-state index is 12.6. The van der Waals surface area contributed by atoms with E-state index in [0.717, 1.165) is 5.57 Å². The Labute approximate surface area is 160 Å². The second-order valence-electron chi connectivity index (χ2n) is 5.58. The highest BCUT2D eigenvalue weighted by Crippen LogP contribution is 2.45. The normalized spacial score (nSPS) is 25.0. The molecule has 1 aromatic heterocycles. The molecule has 2 amide bonds. The van der Waals surface area contributed by atoms with Crippen molar-refractivity contribution in [3.8, 4) is 0 Å². The van der Waals surface area contributed by atoms with Gasteiger partial charge in [0.2, 0.25) is 5.12 Å². The Bertz CT molecular complexity index is 880. The number of nitrogen functional groups attached to an aromatic ring is 1. The monoisotopic (exact) mass is 411 g/mol. The van der Waals surface area contributed by atoms with Gasteiger partial charge < -0.3 is 15.9 Å². The number of aromatic nitrogens is 1. The van der Waals surface area contributed by atoms with Gasteiger partial charge in [-0.25, -0.2) is 4.98 Å². The van der Waals surface area contributed by atoms with Crippen LogP contribution in [0, 0.1) is 0 Å². The van der Waals surface area contributed by atoms with Crippen LogP contribution < -0.4 is 11.1 Å². The molecule has 3 N–H and O–H groups in total. The number of nitrogens with two attached hydrogens (primary N) is 1. The first-order chi connectivity index (χ1) is 12.5. The maximum Gasteiger partial charge on any atom is 0.276 e. The van der Waals surface area contributed by atoms with Crippen molar-refractivity contribution in [1.29, 1.82) is 0 Å². The first kappa shape index (κ1) is 17.4. The van der Waals surface area contributed by atoms with E-state index in [4.69, 9.17) is 10.6 Å². The summed E-state index contributed by atoms with van der Waals surface area (Å²) in [5.41, 5.74) is 7.30. The molecular formula is C14H13N5O4S3. The summed E-state index contributed by atoms with van der Waals surface area (Å²) in [4.78, 5) is 47.4. The highest BCUT2D eigenvalue weighted by atomic mass is 32.2. The van der Waals surface area contributed by atoms with Gasteiger partial charge in [0.15, 0.2) is 10.8 Å². The molecule has 3 aliphatic rings. The van der Waals surface area contributed by atoms with E-state index in [1.54, 1.807) is 5.38 Å². The van der Waals surface area contributed by atoms with Crippen molar-refractivity contribution in [2.45, 2.75) is 11.4 Å². The Kier molecular flexibility index (Phi) is 4.40. The lowest BCUT2D eigenvalue weighted by Crippen LogP contribution is -2.70. The summed E-state index contributed by atoms with van der Waals surface area (Å²) in [5, 5.41) is 7.89. The van der Waals surface area contributed by atoms with Crippen molar-refractivity contribution in [1.82, 2.24) is 15.2 Å². The van der Waals surface area contributed by atoms with Gasteiger partial charge in [0.05, 0.1) is 0 Å². The molecule has 12 heteroatoms. The summed E-state index contributed by atoms with van der Waals surface area (Å²) in [5.74, 6) is 0.428. The number of thiazole rings is 1. The topological polar surface area (TPSA) is 127 Å². The second-order valence-corrected chi connectivity index (χ2v) is 8.53. The Morgan fingerprint density at radius 3 is 2.96 bits per heavy atom. The van der Waals surface area contributed by atoms with Crippen molar-refractivity contribution in [2.75, 3.05) is 24.3 Å². The van der Waals surface area contributed by atoms with Gasteiger partial charge in [0.25, 0.3) is 11.8 Å². The number of amides is 2. The fraction of sp³-hybridized carbons (Fsp3) is 0.357. The number of β-lactam (4-membered cyclic amide) rings is 1. The number of oxime groups is 1. The third kappa shape index (κ3) is 2.68. The van der Waals surface area contributed by atoms with Crippen LogP contribution >= 0.6 is 34.9 Å². The van der Waals surface area contributed by atoms with Crippen LogP contribution in [0.3, 0.4) is 0 Å². The number of carbonyl (C=O) groups excluding carboxylic acids is 3. The Hall–Kier alpha value is -2.05. The van der Waals surface area contributed by atoms with Gasteiger partial charge in [-0.1, -0.05) is 16.9 Å².